The van der Waals surface area contributed by atoms with E-state index in [4.69, 9.17) is 0 Å². The van der Waals surface area contributed by atoms with Crippen molar-refractivity contribution in [1.82, 2.24) is 10.3 Å². The monoisotopic (exact) mass is 210 g/mol. The lowest BCUT2D eigenvalue weighted by atomic mass is 9.87. The molecule has 1 aromatic rings. The molecule has 4 nitrogen and oxygen atoms in total. The van der Waals surface area contributed by atoms with Crippen LogP contribution in [0.15, 0.2) is 11.6 Å². The van der Waals surface area contributed by atoms with E-state index in [2.05, 4.69) is 10.3 Å². The summed E-state index contributed by atoms with van der Waals surface area (Å²) in [5, 5.41) is 5.06. The van der Waals surface area contributed by atoms with Crippen molar-refractivity contribution in [2.45, 2.75) is 19.3 Å². The van der Waals surface area contributed by atoms with Gasteiger partial charge in [-0.2, -0.15) is 0 Å². The van der Waals surface area contributed by atoms with E-state index in [1.54, 1.807) is 6.20 Å². The summed E-state index contributed by atoms with van der Waals surface area (Å²) < 4.78 is 0. The Hall–Kier alpha value is -1.23. The molecule has 1 aliphatic rings. The average Bonchev–Trinajstić information content (AvgIpc) is 2.63. The van der Waals surface area contributed by atoms with Crippen molar-refractivity contribution in [2.24, 2.45) is 5.92 Å². The van der Waals surface area contributed by atoms with Gasteiger partial charge >= 0.3 is 0 Å². The van der Waals surface area contributed by atoms with Crippen LogP contribution in [0.25, 0.3) is 0 Å². The third-order valence-electron chi connectivity index (χ3n) is 2.45. The van der Waals surface area contributed by atoms with Crippen molar-refractivity contribution in [3.63, 3.8) is 0 Å². The van der Waals surface area contributed by atoms with Crippen LogP contribution < -0.4 is 5.32 Å². The van der Waals surface area contributed by atoms with Gasteiger partial charge in [0.05, 0.1) is 5.01 Å². The van der Waals surface area contributed by atoms with Gasteiger partial charge < -0.3 is 0 Å². The number of carbonyl (C=O) groups excluding carboxylic acids is 2. The molecule has 1 N–H and O–H groups in total. The molecule has 1 saturated heterocycles. The van der Waals surface area contributed by atoms with Crippen LogP contribution in [-0.2, 0) is 9.59 Å². The van der Waals surface area contributed by atoms with Gasteiger partial charge in [-0.25, -0.2) is 4.98 Å². The summed E-state index contributed by atoms with van der Waals surface area (Å²) in [6.45, 7) is 1.83. The minimum Gasteiger partial charge on any atom is -0.296 e. The first-order chi connectivity index (χ1) is 6.68. The summed E-state index contributed by atoms with van der Waals surface area (Å²) in [6.07, 6.45) is 2.06. The first-order valence-electron chi connectivity index (χ1n) is 4.41. The second kappa shape index (κ2) is 3.49. The molecular weight excluding hydrogens is 200 g/mol. The van der Waals surface area contributed by atoms with Crippen molar-refractivity contribution in [2.75, 3.05) is 0 Å². The molecule has 14 heavy (non-hydrogen) atoms. The van der Waals surface area contributed by atoms with Gasteiger partial charge in [-0.1, -0.05) is 6.92 Å². The van der Waals surface area contributed by atoms with Crippen LogP contribution in [0.5, 0.6) is 0 Å². The van der Waals surface area contributed by atoms with Crippen molar-refractivity contribution < 1.29 is 9.59 Å². The number of amides is 2. The number of imide groups is 1. The van der Waals surface area contributed by atoms with Gasteiger partial charge in [0, 0.05) is 29.8 Å². The van der Waals surface area contributed by atoms with Gasteiger partial charge in [0.1, 0.15) is 0 Å². The molecule has 0 saturated carbocycles. The quantitative estimate of drug-likeness (QED) is 0.701. The number of aromatic nitrogens is 1. The fourth-order valence-corrected chi connectivity index (χ4v) is 2.43. The second-order valence-corrected chi connectivity index (χ2v) is 4.31. The molecule has 0 bridgehead atoms. The molecular formula is C9H10N2O2S. The van der Waals surface area contributed by atoms with Crippen molar-refractivity contribution >= 4 is 23.2 Å². The van der Waals surface area contributed by atoms with Crippen molar-refractivity contribution in [3.05, 3.63) is 16.6 Å². The maximum Gasteiger partial charge on any atom is 0.230 e. The number of carbonyl (C=O) groups is 2. The van der Waals surface area contributed by atoms with Crippen LogP contribution in [0, 0.1) is 5.92 Å². The lowest BCUT2D eigenvalue weighted by Gasteiger charge is -2.25. The molecule has 1 aromatic heterocycles. The number of hydrogen-bond acceptors (Lipinski definition) is 4. The molecule has 5 heteroatoms. The highest BCUT2D eigenvalue weighted by atomic mass is 32.1. The van der Waals surface area contributed by atoms with Crippen molar-refractivity contribution in [1.29, 1.82) is 0 Å². The summed E-state index contributed by atoms with van der Waals surface area (Å²) in [6, 6.07) is 0. The largest absolute Gasteiger partial charge is 0.296 e. The fourth-order valence-electron chi connectivity index (χ4n) is 1.58. The number of thiazole rings is 1. The molecule has 2 atom stereocenters. The number of piperidine rings is 1. The van der Waals surface area contributed by atoms with Crippen LogP contribution in [0.1, 0.15) is 24.3 Å². The lowest BCUT2D eigenvalue weighted by molar-refractivity contribution is -0.136. The predicted molar refractivity (Wildman–Crippen MR) is 51.8 cm³/mol. The zero-order valence-corrected chi connectivity index (χ0v) is 8.50. The Morgan fingerprint density at radius 3 is 3.00 bits per heavy atom. The molecule has 0 aromatic carbocycles. The van der Waals surface area contributed by atoms with E-state index < -0.39 is 0 Å². The van der Waals surface area contributed by atoms with Gasteiger partial charge in [0.2, 0.25) is 11.8 Å². The van der Waals surface area contributed by atoms with E-state index in [0.29, 0.717) is 6.42 Å². The standard InChI is InChI=1S/C9H10N2O2S/c1-5-6(9-10-2-3-14-9)4-7(12)11-8(5)13/h2-3,5-6H,4H2,1H3,(H,11,12,13). The molecule has 1 fully saturated rings. The fraction of sp³-hybridized carbons (Fsp3) is 0.444. The van der Waals surface area contributed by atoms with Crippen molar-refractivity contribution in [3.8, 4) is 0 Å². The summed E-state index contributed by atoms with van der Waals surface area (Å²) in [5.74, 6) is -0.607. The first kappa shape index (κ1) is 9.33. The van der Waals surface area contributed by atoms with Crippen LogP contribution in [0.4, 0.5) is 0 Å². The van der Waals surface area contributed by atoms with Crippen LogP contribution in [-0.4, -0.2) is 16.8 Å². The number of nitrogens with zero attached hydrogens (tertiary/aromatic N) is 1. The highest BCUT2D eigenvalue weighted by Crippen LogP contribution is 2.31. The van der Waals surface area contributed by atoms with Crippen LogP contribution in [0.2, 0.25) is 0 Å². The van der Waals surface area contributed by atoms with Gasteiger partial charge in [-0.15, -0.1) is 11.3 Å². The third-order valence-corrected chi connectivity index (χ3v) is 3.36. The predicted octanol–water partition coefficient (Wildman–Crippen LogP) is 0.909. The Morgan fingerprint density at radius 2 is 2.36 bits per heavy atom. The Morgan fingerprint density at radius 1 is 1.57 bits per heavy atom. The number of rotatable bonds is 1. The van der Waals surface area contributed by atoms with Crippen LogP contribution in [0.3, 0.4) is 0 Å². The molecule has 2 unspecified atom stereocenters. The Balaban J connectivity index is 2.26. The molecule has 0 radical (unpaired) electrons. The summed E-state index contributed by atoms with van der Waals surface area (Å²) in [5.41, 5.74) is 0. The smallest absolute Gasteiger partial charge is 0.230 e. The van der Waals surface area contributed by atoms with E-state index in [1.165, 1.54) is 11.3 Å². The number of hydrogen-bond donors (Lipinski definition) is 1. The van der Waals surface area contributed by atoms with E-state index in [-0.39, 0.29) is 23.7 Å². The minimum atomic E-state index is -0.201. The van der Waals surface area contributed by atoms with Gasteiger partial charge in [-0.3, -0.25) is 14.9 Å². The normalized spacial score (nSPS) is 27.5. The Bertz CT molecular complexity index is 361. The Kier molecular flexibility index (Phi) is 2.33. The zero-order chi connectivity index (χ0) is 10.1. The highest BCUT2D eigenvalue weighted by molar-refractivity contribution is 7.09. The highest BCUT2D eigenvalue weighted by Gasteiger charge is 2.34. The minimum absolute atomic E-state index is 0.0451. The summed E-state index contributed by atoms with van der Waals surface area (Å²) in [7, 11) is 0. The molecule has 74 valence electrons. The maximum atomic E-state index is 11.4. The first-order valence-corrected chi connectivity index (χ1v) is 5.29. The molecule has 1 aliphatic heterocycles. The van der Waals surface area contributed by atoms with E-state index in [9.17, 15) is 9.59 Å². The van der Waals surface area contributed by atoms with Gasteiger partial charge in [0.15, 0.2) is 0 Å². The van der Waals surface area contributed by atoms with Gasteiger partial charge in [0.25, 0.3) is 0 Å². The zero-order valence-electron chi connectivity index (χ0n) is 7.69. The lowest BCUT2D eigenvalue weighted by Crippen LogP contribution is -2.43. The maximum absolute atomic E-state index is 11.4. The number of nitrogens with one attached hydrogen (secondary N) is 1. The molecule has 2 amide bonds. The Labute approximate surface area is 85.3 Å². The topological polar surface area (TPSA) is 59.1 Å². The summed E-state index contributed by atoms with van der Waals surface area (Å²) in [4.78, 5) is 26.7. The van der Waals surface area contributed by atoms with E-state index in [1.807, 2.05) is 12.3 Å². The SMILES string of the molecule is CC1C(=O)NC(=O)CC1c1nccs1. The molecule has 2 heterocycles. The van der Waals surface area contributed by atoms with E-state index >= 15 is 0 Å². The van der Waals surface area contributed by atoms with E-state index in [0.717, 1.165) is 5.01 Å². The molecule has 2 rings (SSSR count). The molecule has 0 spiro atoms. The van der Waals surface area contributed by atoms with Gasteiger partial charge in [-0.05, 0) is 0 Å². The second-order valence-electron chi connectivity index (χ2n) is 3.38. The third kappa shape index (κ3) is 1.55. The summed E-state index contributed by atoms with van der Waals surface area (Å²) >= 11 is 1.49. The molecule has 0 aliphatic carbocycles. The van der Waals surface area contributed by atoms with Crippen LogP contribution >= 0.6 is 11.3 Å². The average molecular weight is 210 g/mol.